The second-order valence-electron chi connectivity index (χ2n) is 8.11. The summed E-state index contributed by atoms with van der Waals surface area (Å²) in [6, 6.07) is 12.2. The number of hydrogen-bond acceptors (Lipinski definition) is 5. The van der Waals surface area contributed by atoms with E-state index in [1.54, 1.807) is 24.3 Å². The van der Waals surface area contributed by atoms with Crippen LogP contribution in [0.25, 0.3) is 0 Å². The normalized spacial score (nSPS) is 16.7. The van der Waals surface area contributed by atoms with Crippen molar-refractivity contribution in [1.29, 1.82) is 0 Å². The maximum Gasteiger partial charge on any atom is 0.427 e. The first kappa shape index (κ1) is 26.0. The topological polar surface area (TPSA) is 84.9 Å². The van der Waals surface area contributed by atoms with E-state index in [0.29, 0.717) is 18.5 Å². The van der Waals surface area contributed by atoms with Gasteiger partial charge in [0.25, 0.3) is 0 Å². The highest BCUT2D eigenvalue weighted by Crippen LogP contribution is 2.28. The highest BCUT2D eigenvalue weighted by Gasteiger charge is 2.42. The van der Waals surface area contributed by atoms with Crippen LogP contribution >= 0.6 is 0 Å². The molecule has 0 saturated carbocycles. The average Bonchev–Trinajstić information content (AvgIpc) is 2.80. The number of piperidine rings is 1. The molecule has 1 atom stereocenters. The van der Waals surface area contributed by atoms with Gasteiger partial charge in [0.05, 0.1) is 11.5 Å². The van der Waals surface area contributed by atoms with Crippen molar-refractivity contribution in [2.75, 3.05) is 32.1 Å². The van der Waals surface area contributed by atoms with Crippen molar-refractivity contribution in [1.82, 2.24) is 4.31 Å². The van der Waals surface area contributed by atoms with Gasteiger partial charge in [0.1, 0.15) is 5.75 Å². The maximum atomic E-state index is 13.0. The molecule has 1 fully saturated rings. The minimum absolute atomic E-state index is 0.00741. The van der Waals surface area contributed by atoms with Gasteiger partial charge >= 0.3 is 6.18 Å². The van der Waals surface area contributed by atoms with E-state index >= 15 is 0 Å². The summed E-state index contributed by atoms with van der Waals surface area (Å²) in [5.74, 6) is -0.655. The minimum atomic E-state index is -4.58. The molecule has 0 bridgehead atoms. The van der Waals surface area contributed by atoms with Gasteiger partial charge in [-0.1, -0.05) is 17.7 Å². The van der Waals surface area contributed by atoms with Crippen LogP contribution in [0.1, 0.15) is 18.4 Å². The van der Waals surface area contributed by atoms with Crippen molar-refractivity contribution in [2.45, 2.75) is 36.9 Å². The lowest BCUT2D eigenvalue weighted by Crippen LogP contribution is -2.41. The molecule has 34 heavy (non-hydrogen) atoms. The molecule has 1 aliphatic heterocycles. The monoisotopic (exact) mass is 500 g/mol. The fourth-order valence-electron chi connectivity index (χ4n) is 3.59. The smallest absolute Gasteiger partial charge is 0.427 e. The Labute approximate surface area is 196 Å². The van der Waals surface area contributed by atoms with Crippen molar-refractivity contribution in [3.8, 4) is 5.75 Å². The first-order chi connectivity index (χ1) is 16.0. The highest BCUT2D eigenvalue weighted by molar-refractivity contribution is 7.89. The van der Waals surface area contributed by atoms with Crippen LogP contribution in [0.4, 0.5) is 18.9 Å². The van der Waals surface area contributed by atoms with E-state index in [1.165, 1.54) is 28.6 Å². The SMILES string of the molecule is COCC(Oc1ccc(NC(=O)C2CCN(S(=O)(=O)c3ccc(C)cc3)CC2)cc1)C(F)(F)F. The van der Waals surface area contributed by atoms with Crippen molar-refractivity contribution in [3.05, 3.63) is 54.1 Å². The van der Waals surface area contributed by atoms with Gasteiger partial charge in [-0.05, 0) is 56.2 Å². The Balaban J connectivity index is 1.54. The second kappa shape index (κ2) is 10.7. The van der Waals surface area contributed by atoms with Crippen LogP contribution < -0.4 is 10.1 Å². The zero-order valence-electron chi connectivity index (χ0n) is 18.8. The van der Waals surface area contributed by atoms with Crippen LogP contribution in [-0.4, -0.2) is 57.7 Å². The van der Waals surface area contributed by atoms with Gasteiger partial charge in [0.2, 0.25) is 22.0 Å². The van der Waals surface area contributed by atoms with Crippen LogP contribution in [-0.2, 0) is 19.6 Å². The van der Waals surface area contributed by atoms with E-state index in [1.807, 2.05) is 6.92 Å². The van der Waals surface area contributed by atoms with Gasteiger partial charge in [-0.25, -0.2) is 8.42 Å². The number of halogens is 3. The van der Waals surface area contributed by atoms with Gasteiger partial charge in [0, 0.05) is 31.8 Å². The molecule has 1 N–H and O–H groups in total. The summed E-state index contributed by atoms with van der Waals surface area (Å²) in [5.41, 5.74) is 1.37. The number of rotatable bonds is 8. The lowest BCUT2D eigenvalue weighted by atomic mass is 9.97. The third kappa shape index (κ3) is 6.49. The molecule has 1 saturated heterocycles. The Morgan fingerprint density at radius 2 is 1.68 bits per heavy atom. The first-order valence-corrected chi connectivity index (χ1v) is 12.1. The minimum Gasteiger partial charge on any atom is -0.478 e. The number of nitrogens with zero attached hydrogens (tertiary/aromatic N) is 1. The third-order valence-corrected chi connectivity index (χ3v) is 7.48. The number of benzene rings is 2. The van der Waals surface area contributed by atoms with E-state index in [-0.39, 0.29) is 35.6 Å². The Bertz CT molecular complexity index is 1070. The Morgan fingerprint density at radius 1 is 1.09 bits per heavy atom. The Hall–Kier alpha value is -2.63. The van der Waals surface area contributed by atoms with Crippen molar-refractivity contribution < 1.29 is 35.9 Å². The van der Waals surface area contributed by atoms with Gasteiger partial charge in [-0.2, -0.15) is 17.5 Å². The molecule has 1 unspecified atom stereocenters. The van der Waals surface area contributed by atoms with Crippen LogP contribution in [0.5, 0.6) is 5.75 Å². The molecule has 1 heterocycles. The van der Waals surface area contributed by atoms with Crippen molar-refractivity contribution in [3.63, 3.8) is 0 Å². The number of carbonyl (C=O) groups is 1. The zero-order valence-corrected chi connectivity index (χ0v) is 19.7. The van der Waals surface area contributed by atoms with Crippen molar-refractivity contribution >= 4 is 21.6 Å². The van der Waals surface area contributed by atoms with Crippen LogP contribution in [0, 0.1) is 12.8 Å². The first-order valence-electron chi connectivity index (χ1n) is 10.7. The number of methoxy groups -OCH3 is 1. The predicted molar refractivity (Wildman–Crippen MR) is 120 cm³/mol. The molecule has 186 valence electrons. The Morgan fingerprint density at radius 3 is 2.21 bits per heavy atom. The molecule has 1 aliphatic rings. The number of sulfonamides is 1. The lowest BCUT2D eigenvalue weighted by molar-refractivity contribution is -0.206. The largest absolute Gasteiger partial charge is 0.478 e. The number of hydrogen-bond donors (Lipinski definition) is 1. The van der Waals surface area contributed by atoms with Crippen LogP contribution in [0.15, 0.2) is 53.4 Å². The molecule has 11 heteroatoms. The third-order valence-electron chi connectivity index (χ3n) is 5.57. The zero-order chi connectivity index (χ0) is 24.9. The number of carbonyl (C=O) groups excluding carboxylic acids is 1. The number of amides is 1. The molecule has 2 aromatic rings. The number of alkyl halides is 3. The molecule has 0 radical (unpaired) electrons. The molecular weight excluding hydrogens is 473 g/mol. The molecule has 0 aromatic heterocycles. The van der Waals surface area contributed by atoms with E-state index in [9.17, 15) is 26.4 Å². The van der Waals surface area contributed by atoms with Gasteiger partial charge in [-0.3, -0.25) is 4.79 Å². The molecule has 1 amide bonds. The molecule has 2 aromatic carbocycles. The summed E-state index contributed by atoms with van der Waals surface area (Å²) >= 11 is 0. The van der Waals surface area contributed by atoms with Gasteiger partial charge in [0.15, 0.2) is 0 Å². The maximum absolute atomic E-state index is 13.0. The lowest BCUT2D eigenvalue weighted by Gasteiger charge is -2.30. The second-order valence-corrected chi connectivity index (χ2v) is 10.0. The number of anilines is 1. The molecule has 0 spiro atoms. The number of aryl methyl sites for hydroxylation is 1. The molecule has 3 rings (SSSR count). The van der Waals surface area contributed by atoms with Gasteiger partial charge < -0.3 is 14.8 Å². The fraction of sp³-hybridized carbons (Fsp3) is 0.435. The van der Waals surface area contributed by atoms with E-state index in [2.05, 4.69) is 10.1 Å². The average molecular weight is 501 g/mol. The fourth-order valence-corrected chi connectivity index (χ4v) is 5.06. The summed E-state index contributed by atoms with van der Waals surface area (Å²) in [4.78, 5) is 12.9. The van der Waals surface area contributed by atoms with Crippen LogP contribution in [0.2, 0.25) is 0 Å². The van der Waals surface area contributed by atoms with E-state index in [4.69, 9.17) is 4.74 Å². The molecule has 0 aliphatic carbocycles. The molecular formula is C23H27F3N2O5S. The van der Waals surface area contributed by atoms with Gasteiger partial charge in [-0.15, -0.1) is 0 Å². The van der Waals surface area contributed by atoms with Crippen molar-refractivity contribution in [2.24, 2.45) is 5.92 Å². The van der Waals surface area contributed by atoms with E-state index < -0.39 is 28.9 Å². The van der Waals surface area contributed by atoms with E-state index in [0.717, 1.165) is 12.7 Å². The Kier molecular flexibility index (Phi) is 8.21. The summed E-state index contributed by atoms with van der Waals surface area (Å²) in [6.45, 7) is 1.68. The highest BCUT2D eigenvalue weighted by atomic mass is 32.2. The standard InChI is InChI=1S/C23H27F3N2O5S/c1-16-3-9-20(10-4-16)34(30,31)28-13-11-17(12-14-28)22(29)27-18-5-7-19(8-6-18)33-21(15-32-2)23(24,25)26/h3-10,17,21H,11-15H2,1-2H3,(H,27,29). The number of ether oxygens (including phenoxy) is 2. The quantitative estimate of drug-likeness (QED) is 0.593. The summed E-state index contributed by atoms with van der Waals surface area (Å²) < 4.78 is 75.4. The van der Waals surface area contributed by atoms with Crippen LogP contribution in [0.3, 0.4) is 0 Å². The predicted octanol–water partition coefficient (Wildman–Crippen LogP) is 3.99. The summed E-state index contributed by atoms with van der Waals surface area (Å²) in [5, 5.41) is 2.73. The summed E-state index contributed by atoms with van der Waals surface area (Å²) in [6.07, 6.45) is -5.95. The number of nitrogens with one attached hydrogen (secondary N) is 1. The summed E-state index contributed by atoms with van der Waals surface area (Å²) in [7, 11) is -2.46. The molecule has 7 nitrogen and oxygen atoms in total.